The Labute approximate surface area is 223 Å². The van der Waals surface area contributed by atoms with Gasteiger partial charge in [0.2, 0.25) is 16.0 Å². The van der Waals surface area contributed by atoms with Gasteiger partial charge in [-0.3, -0.25) is 4.31 Å². The average molecular weight is 592 g/mol. The van der Waals surface area contributed by atoms with E-state index in [0.29, 0.717) is 77.9 Å². The molecule has 0 radical (unpaired) electrons. The number of rotatable bonds is 9. The highest BCUT2D eigenvalue weighted by atomic mass is 79.9. The molecule has 0 saturated heterocycles. The molecule has 10 nitrogen and oxygen atoms in total. The van der Waals surface area contributed by atoms with Crippen LogP contribution in [-0.4, -0.2) is 57.9 Å². The average Bonchev–Trinajstić information content (AvgIpc) is 3.51. The van der Waals surface area contributed by atoms with Crippen LogP contribution in [0.4, 0.5) is 38.9 Å². The fourth-order valence-electron chi connectivity index (χ4n) is 4.56. The van der Waals surface area contributed by atoms with Gasteiger partial charge in [0.1, 0.15) is 17.4 Å². The first kappa shape index (κ1) is 25.5. The van der Waals surface area contributed by atoms with Crippen molar-refractivity contribution < 1.29 is 17.5 Å². The Morgan fingerprint density at radius 1 is 1.19 bits per heavy atom. The van der Waals surface area contributed by atoms with Gasteiger partial charge >= 0.3 is 0 Å². The van der Waals surface area contributed by atoms with Crippen molar-refractivity contribution >= 4 is 60.5 Å². The Morgan fingerprint density at radius 2 is 2.03 bits per heavy atom. The Balaban J connectivity index is 1.44. The van der Waals surface area contributed by atoms with Crippen LogP contribution in [0.3, 0.4) is 0 Å². The van der Waals surface area contributed by atoms with E-state index in [1.54, 1.807) is 12.3 Å². The van der Waals surface area contributed by atoms with Gasteiger partial charge in [-0.2, -0.15) is 4.98 Å². The van der Waals surface area contributed by atoms with E-state index in [0.717, 1.165) is 11.1 Å². The number of hydrogen-bond donors (Lipinski definition) is 4. The highest BCUT2D eigenvalue weighted by molar-refractivity contribution is 9.10. The molecule has 4 N–H and O–H groups in total. The maximum absolute atomic E-state index is 15.0. The van der Waals surface area contributed by atoms with Gasteiger partial charge in [0.15, 0.2) is 0 Å². The molecule has 0 bridgehead atoms. The van der Waals surface area contributed by atoms with Gasteiger partial charge in [-0.15, -0.1) is 0 Å². The number of para-hydroxylation sites is 1. The van der Waals surface area contributed by atoms with E-state index < -0.39 is 10.0 Å². The monoisotopic (exact) mass is 591 g/mol. The van der Waals surface area contributed by atoms with Crippen molar-refractivity contribution in [3.05, 3.63) is 51.9 Å². The van der Waals surface area contributed by atoms with Gasteiger partial charge in [0.25, 0.3) is 0 Å². The van der Waals surface area contributed by atoms with Gasteiger partial charge in [0.05, 0.1) is 40.1 Å². The van der Waals surface area contributed by atoms with Gasteiger partial charge in [-0.05, 0) is 41.0 Å². The third kappa shape index (κ3) is 5.15. The van der Waals surface area contributed by atoms with E-state index in [-0.39, 0.29) is 11.8 Å². The molecule has 37 heavy (non-hydrogen) atoms. The third-order valence-corrected chi connectivity index (χ3v) is 7.95. The van der Waals surface area contributed by atoms with Gasteiger partial charge < -0.3 is 26.0 Å². The normalized spacial score (nSPS) is 14.2. The second kappa shape index (κ2) is 10.3. The highest BCUT2D eigenvalue weighted by Crippen LogP contribution is 2.42. The molecule has 3 heterocycles. The minimum atomic E-state index is -3.43. The minimum Gasteiger partial charge on any atom is -0.491 e. The van der Waals surface area contributed by atoms with Crippen molar-refractivity contribution in [3.8, 4) is 5.75 Å². The summed E-state index contributed by atoms with van der Waals surface area (Å²) >= 11 is 3.46. The Kier molecular flexibility index (Phi) is 7.10. The molecule has 1 aromatic heterocycles. The van der Waals surface area contributed by atoms with Crippen LogP contribution in [0, 0.1) is 5.82 Å². The first-order chi connectivity index (χ1) is 17.8. The summed E-state index contributed by atoms with van der Waals surface area (Å²) in [6.45, 7) is 2.13. The quantitative estimate of drug-likeness (QED) is 0.276. The van der Waals surface area contributed by atoms with E-state index in [2.05, 4.69) is 47.2 Å². The summed E-state index contributed by atoms with van der Waals surface area (Å²) in [5, 5.41) is 12.5. The molecule has 0 fully saturated rings. The van der Waals surface area contributed by atoms with Crippen molar-refractivity contribution in [1.82, 2.24) is 15.3 Å². The number of hydrogen-bond acceptors (Lipinski definition) is 9. The van der Waals surface area contributed by atoms with Crippen LogP contribution in [0.1, 0.15) is 11.1 Å². The Bertz CT molecular complexity index is 1450. The van der Waals surface area contributed by atoms with Crippen molar-refractivity contribution in [2.45, 2.75) is 12.8 Å². The molecule has 13 heteroatoms. The zero-order valence-corrected chi connectivity index (χ0v) is 22.8. The van der Waals surface area contributed by atoms with Crippen LogP contribution in [0.2, 0.25) is 0 Å². The summed E-state index contributed by atoms with van der Waals surface area (Å²) in [6, 6.07) is 6.97. The molecule has 0 amide bonds. The maximum Gasteiger partial charge on any atom is 0.232 e. The first-order valence-corrected chi connectivity index (χ1v) is 14.4. The van der Waals surface area contributed by atoms with Crippen LogP contribution in [0.5, 0.6) is 5.75 Å². The second-order valence-corrected chi connectivity index (χ2v) is 11.5. The van der Waals surface area contributed by atoms with Crippen molar-refractivity contribution in [3.63, 3.8) is 0 Å². The lowest BCUT2D eigenvalue weighted by atomic mass is 10.1. The standard InChI is InChI=1S/C24H27BrFN7O3S/c1-27-8-9-28-20-15-7-11-36-22(15)19(12-17(20)26)31-24-29-13-16(25)23(32-24)30-18-5-3-4-14-6-10-33(21(14)18)37(2,34)35/h3-5,12-13,27-28H,6-11H2,1-2H3,(H2,29,30,31,32). The predicted octanol–water partition coefficient (Wildman–Crippen LogP) is 3.75. The van der Waals surface area contributed by atoms with Crippen LogP contribution in [0.15, 0.2) is 34.9 Å². The first-order valence-electron chi connectivity index (χ1n) is 11.8. The van der Waals surface area contributed by atoms with Crippen molar-refractivity contribution in [2.24, 2.45) is 0 Å². The largest absolute Gasteiger partial charge is 0.491 e. The second-order valence-electron chi connectivity index (χ2n) is 8.76. The van der Waals surface area contributed by atoms with E-state index in [4.69, 9.17) is 4.74 Å². The molecule has 0 atom stereocenters. The van der Waals surface area contributed by atoms with E-state index in [1.807, 2.05) is 19.2 Å². The smallest absolute Gasteiger partial charge is 0.232 e. The molecule has 0 unspecified atom stereocenters. The SMILES string of the molecule is CNCCNc1c(F)cc(Nc2ncc(Br)c(Nc3cccc4c3N(S(C)(=O)=O)CC4)n2)c2c1CCO2. The lowest BCUT2D eigenvalue weighted by Crippen LogP contribution is -2.28. The summed E-state index contributed by atoms with van der Waals surface area (Å²) < 4.78 is 47.5. The number of nitrogens with zero attached hydrogens (tertiary/aromatic N) is 3. The number of halogens is 2. The van der Waals surface area contributed by atoms with Gasteiger partial charge in [0, 0.05) is 43.9 Å². The predicted molar refractivity (Wildman–Crippen MR) is 147 cm³/mol. The zero-order valence-electron chi connectivity index (χ0n) is 20.4. The van der Waals surface area contributed by atoms with Crippen LogP contribution >= 0.6 is 15.9 Å². The molecular weight excluding hydrogens is 565 g/mol. The molecule has 5 rings (SSSR count). The maximum atomic E-state index is 15.0. The topological polar surface area (TPSA) is 121 Å². The lowest BCUT2D eigenvalue weighted by molar-refractivity contribution is 0.358. The Hall–Kier alpha value is -3.16. The van der Waals surface area contributed by atoms with E-state index in [9.17, 15) is 8.42 Å². The highest BCUT2D eigenvalue weighted by Gasteiger charge is 2.29. The van der Waals surface area contributed by atoms with Gasteiger partial charge in [-0.1, -0.05) is 12.1 Å². The number of sulfonamides is 1. The summed E-state index contributed by atoms with van der Waals surface area (Å²) in [7, 11) is -1.59. The van der Waals surface area contributed by atoms with Crippen LogP contribution in [0.25, 0.3) is 0 Å². The molecule has 196 valence electrons. The summed E-state index contributed by atoms with van der Waals surface area (Å²) in [5.41, 5.74) is 3.81. The Morgan fingerprint density at radius 3 is 2.81 bits per heavy atom. The zero-order chi connectivity index (χ0) is 26.2. The van der Waals surface area contributed by atoms with E-state index >= 15 is 4.39 Å². The summed E-state index contributed by atoms with van der Waals surface area (Å²) in [4.78, 5) is 8.89. The number of aromatic nitrogens is 2. The van der Waals surface area contributed by atoms with E-state index in [1.165, 1.54) is 16.6 Å². The number of fused-ring (bicyclic) bond motifs is 2. The fraction of sp³-hybridized carbons (Fsp3) is 0.333. The number of anilines is 6. The molecule has 3 aromatic rings. The van der Waals surface area contributed by atoms with Crippen molar-refractivity contribution in [1.29, 1.82) is 0 Å². The molecule has 2 aliphatic rings. The number of ether oxygens (including phenoxy) is 1. The minimum absolute atomic E-state index is 0.228. The summed E-state index contributed by atoms with van der Waals surface area (Å²) in [6.07, 6.45) is 3.99. The molecule has 0 saturated carbocycles. The van der Waals surface area contributed by atoms with Gasteiger partial charge in [-0.25, -0.2) is 17.8 Å². The molecular formula is C24H27BrFN7O3S. The van der Waals surface area contributed by atoms with Crippen LogP contribution < -0.4 is 30.3 Å². The third-order valence-electron chi connectivity index (χ3n) is 6.20. The van der Waals surface area contributed by atoms with Crippen LogP contribution in [-0.2, 0) is 22.9 Å². The molecule has 2 aliphatic heterocycles. The lowest BCUT2D eigenvalue weighted by Gasteiger charge is -2.21. The number of nitrogens with one attached hydrogen (secondary N) is 4. The fourth-order valence-corrected chi connectivity index (χ4v) is 5.82. The number of likely N-dealkylation sites (N-methyl/N-ethyl adjacent to an activating group) is 1. The molecule has 0 spiro atoms. The number of benzene rings is 2. The molecule has 0 aliphatic carbocycles. The summed E-state index contributed by atoms with van der Waals surface area (Å²) in [5.74, 6) is 0.832. The van der Waals surface area contributed by atoms with Crippen molar-refractivity contribution in [2.75, 3.05) is 59.8 Å². The molecule has 2 aromatic carbocycles.